The summed E-state index contributed by atoms with van der Waals surface area (Å²) in [6, 6.07) is 0. The van der Waals surface area contributed by atoms with Crippen molar-refractivity contribution in [3.05, 3.63) is 0 Å². The van der Waals surface area contributed by atoms with Crippen molar-refractivity contribution >= 4 is 0 Å². The van der Waals surface area contributed by atoms with Gasteiger partial charge in [-0.2, -0.15) is 0 Å². The molecule has 3 nitrogen and oxygen atoms in total. The van der Waals surface area contributed by atoms with Crippen molar-refractivity contribution < 1.29 is 9.84 Å². The fourth-order valence-corrected chi connectivity index (χ4v) is 2.20. The van der Waals surface area contributed by atoms with E-state index in [0.29, 0.717) is 11.5 Å². The van der Waals surface area contributed by atoms with Crippen LogP contribution in [0.4, 0.5) is 0 Å². The summed E-state index contributed by atoms with van der Waals surface area (Å²) in [5.74, 6) is 0. The maximum absolute atomic E-state index is 9.37. The second kappa shape index (κ2) is 5.48. The third-order valence-electron chi connectivity index (χ3n) is 3.60. The molecule has 1 fully saturated rings. The molecule has 0 aromatic carbocycles. The molecule has 2 N–H and O–H groups in total. The number of hydrogen-bond acceptors (Lipinski definition) is 3. The summed E-state index contributed by atoms with van der Waals surface area (Å²) in [5, 5.41) is 12.6. The quantitative estimate of drug-likeness (QED) is 0.757. The molecule has 0 radical (unpaired) electrons. The highest BCUT2D eigenvalue weighted by Crippen LogP contribution is 2.31. The van der Waals surface area contributed by atoms with Gasteiger partial charge in [0.05, 0.1) is 12.7 Å². The Morgan fingerprint density at radius 3 is 2.56 bits per heavy atom. The van der Waals surface area contributed by atoms with E-state index in [2.05, 4.69) is 26.1 Å². The monoisotopic (exact) mass is 229 g/mol. The lowest BCUT2D eigenvalue weighted by atomic mass is 9.93. The van der Waals surface area contributed by atoms with Crippen LogP contribution in [0.5, 0.6) is 0 Å². The maximum atomic E-state index is 9.37. The van der Waals surface area contributed by atoms with Crippen molar-refractivity contribution in [3.63, 3.8) is 0 Å². The largest absolute Gasteiger partial charge is 0.394 e. The zero-order valence-corrected chi connectivity index (χ0v) is 11.2. The molecule has 1 aliphatic rings. The predicted octanol–water partition coefficient (Wildman–Crippen LogP) is 1.94. The second-order valence-electron chi connectivity index (χ2n) is 6.23. The van der Waals surface area contributed by atoms with E-state index >= 15 is 0 Å². The van der Waals surface area contributed by atoms with E-state index in [1.54, 1.807) is 0 Å². The molecule has 0 aromatic rings. The number of aliphatic hydroxyl groups excluding tert-OH is 1. The standard InChI is InChI=1S/C13H27NO2/c1-12(2,3)7-8-16-11-5-6-13(9-11,10-15)14-4/h11,14-15H,5-10H2,1-4H3. The van der Waals surface area contributed by atoms with Crippen molar-refractivity contribution in [1.29, 1.82) is 0 Å². The Balaban J connectivity index is 2.26. The first-order valence-electron chi connectivity index (χ1n) is 6.32. The number of ether oxygens (including phenoxy) is 1. The Morgan fingerprint density at radius 1 is 1.44 bits per heavy atom. The Bertz CT molecular complexity index is 206. The molecule has 1 aliphatic carbocycles. The van der Waals surface area contributed by atoms with Crippen LogP contribution in [0.2, 0.25) is 0 Å². The highest BCUT2D eigenvalue weighted by molar-refractivity contribution is 4.95. The Morgan fingerprint density at radius 2 is 2.12 bits per heavy atom. The Hall–Kier alpha value is -0.120. The van der Waals surface area contributed by atoms with Gasteiger partial charge in [0, 0.05) is 12.1 Å². The predicted molar refractivity (Wildman–Crippen MR) is 66.5 cm³/mol. The molecule has 2 unspecified atom stereocenters. The van der Waals surface area contributed by atoms with Gasteiger partial charge in [-0.05, 0) is 38.1 Å². The van der Waals surface area contributed by atoms with Gasteiger partial charge in [0.25, 0.3) is 0 Å². The summed E-state index contributed by atoms with van der Waals surface area (Å²) < 4.78 is 5.89. The van der Waals surface area contributed by atoms with Crippen molar-refractivity contribution in [2.24, 2.45) is 5.41 Å². The van der Waals surface area contributed by atoms with Gasteiger partial charge in [-0.3, -0.25) is 0 Å². The molecule has 0 amide bonds. The summed E-state index contributed by atoms with van der Waals surface area (Å²) in [6.07, 6.45) is 4.42. The van der Waals surface area contributed by atoms with E-state index in [1.807, 2.05) is 7.05 Å². The first-order valence-corrected chi connectivity index (χ1v) is 6.32. The van der Waals surface area contributed by atoms with Gasteiger partial charge in [0.15, 0.2) is 0 Å². The third-order valence-corrected chi connectivity index (χ3v) is 3.60. The highest BCUT2D eigenvalue weighted by Gasteiger charge is 2.37. The van der Waals surface area contributed by atoms with Gasteiger partial charge in [-0.15, -0.1) is 0 Å². The highest BCUT2D eigenvalue weighted by atomic mass is 16.5. The summed E-state index contributed by atoms with van der Waals surface area (Å²) in [5.41, 5.74) is 0.252. The van der Waals surface area contributed by atoms with Crippen molar-refractivity contribution in [1.82, 2.24) is 5.32 Å². The Labute approximate surface area is 99.6 Å². The van der Waals surface area contributed by atoms with Gasteiger partial charge >= 0.3 is 0 Å². The second-order valence-corrected chi connectivity index (χ2v) is 6.23. The number of nitrogens with one attached hydrogen (secondary N) is 1. The molecule has 0 bridgehead atoms. The van der Waals surface area contributed by atoms with Crippen molar-refractivity contribution in [2.45, 2.75) is 58.1 Å². The third kappa shape index (κ3) is 4.04. The lowest BCUT2D eigenvalue weighted by molar-refractivity contribution is 0.0336. The molecular formula is C13H27NO2. The van der Waals surface area contributed by atoms with Crippen LogP contribution in [0.15, 0.2) is 0 Å². The van der Waals surface area contributed by atoms with Crippen LogP contribution in [-0.4, -0.2) is 37.0 Å². The van der Waals surface area contributed by atoms with Gasteiger partial charge in [-0.25, -0.2) is 0 Å². The van der Waals surface area contributed by atoms with Gasteiger partial charge in [-0.1, -0.05) is 20.8 Å². The zero-order chi connectivity index (χ0) is 12.2. The van der Waals surface area contributed by atoms with Gasteiger partial charge < -0.3 is 15.2 Å². The van der Waals surface area contributed by atoms with Gasteiger partial charge in [0.2, 0.25) is 0 Å². The maximum Gasteiger partial charge on any atom is 0.0614 e. The topological polar surface area (TPSA) is 41.5 Å². The van der Waals surface area contributed by atoms with E-state index in [0.717, 1.165) is 32.3 Å². The molecule has 0 aliphatic heterocycles. The van der Waals surface area contributed by atoms with Crippen LogP contribution in [0, 0.1) is 5.41 Å². The first kappa shape index (κ1) is 13.9. The summed E-state index contributed by atoms with van der Waals surface area (Å²) >= 11 is 0. The van der Waals surface area contributed by atoms with Crippen LogP contribution in [0.3, 0.4) is 0 Å². The minimum absolute atomic E-state index is 0.0909. The van der Waals surface area contributed by atoms with Crippen LogP contribution in [-0.2, 0) is 4.74 Å². The van der Waals surface area contributed by atoms with Crippen molar-refractivity contribution in [3.8, 4) is 0 Å². The first-order chi connectivity index (χ1) is 7.41. The normalized spacial score (nSPS) is 30.9. The molecule has 0 spiro atoms. The van der Waals surface area contributed by atoms with E-state index in [4.69, 9.17) is 4.74 Å². The number of aliphatic hydroxyl groups is 1. The van der Waals surface area contributed by atoms with Crippen LogP contribution < -0.4 is 5.32 Å². The molecule has 0 saturated heterocycles. The molecule has 16 heavy (non-hydrogen) atoms. The minimum Gasteiger partial charge on any atom is -0.394 e. The molecule has 1 saturated carbocycles. The fourth-order valence-electron chi connectivity index (χ4n) is 2.20. The SMILES string of the molecule is CNC1(CO)CCC(OCCC(C)(C)C)C1. The number of rotatable bonds is 5. The molecule has 0 heterocycles. The van der Waals surface area contributed by atoms with E-state index in [9.17, 15) is 5.11 Å². The summed E-state index contributed by atoms with van der Waals surface area (Å²) in [6.45, 7) is 7.74. The lowest BCUT2D eigenvalue weighted by Crippen LogP contribution is -2.44. The summed E-state index contributed by atoms with van der Waals surface area (Å²) in [4.78, 5) is 0. The average Bonchev–Trinajstić information content (AvgIpc) is 2.61. The zero-order valence-electron chi connectivity index (χ0n) is 11.2. The van der Waals surface area contributed by atoms with Crippen LogP contribution in [0.25, 0.3) is 0 Å². The number of hydrogen-bond donors (Lipinski definition) is 2. The molecule has 0 aromatic heterocycles. The smallest absolute Gasteiger partial charge is 0.0614 e. The fraction of sp³-hybridized carbons (Fsp3) is 1.00. The van der Waals surface area contributed by atoms with Crippen LogP contribution in [0.1, 0.15) is 46.5 Å². The van der Waals surface area contributed by atoms with E-state index in [-0.39, 0.29) is 12.1 Å². The molecule has 96 valence electrons. The molecule has 1 rings (SSSR count). The summed E-state index contributed by atoms with van der Waals surface area (Å²) in [7, 11) is 1.92. The van der Waals surface area contributed by atoms with Crippen LogP contribution >= 0.6 is 0 Å². The molecule has 3 heteroatoms. The van der Waals surface area contributed by atoms with Gasteiger partial charge in [0.1, 0.15) is 0 Å². The van der Waals surface area contributed by atoms with Crippen molar-refractivity contribution in [2.75, 3.05) is 20.3 Å². The minimum atomic E-state index is -0.0909. The van der Waals surface area contributed by atoms with E-state index < -0.39 is 0 Å². The lowest BCUT2D eigenvalue weighted by Gasteiger charge is -2.26. The Kier molecular flexibility index (Phi) is 4.77. The molecule has 2 atom stereocenters. The molecular weight excluding hydrogens is 202 g/mol. The average molecular weight is 229 g/mol. The number of likely N-dealkylation sites (N-methyl/N-ethyl adjacent to an activating group) is 1. The van der Waals surface area contributed by atoms with E-state index in [1.165, 1.54) is 0 Å².